The maximum Gasteiger partial charge on any atom is 0.490 e. The van der Waals surface area contributed by atoms with E-state index in [1.807, 2.05) is 5.32 Å². The van der Waals surface area contributed by atoms with Gasteiger partial charge in [-0.25, -0.2) is 24.4 Å². The number of hydrogen-bond donors (Lipinski definition) is 8. The fourth-order valence-electron chi connectivity index (χ4n) is 4.13. The lowest BCUT2D eigenvalue weighted by Gasteiger charge is -2.50. The van der Waals surface area contributed by atoms with Gasteiger partial charge in [-0.05, 0) is 48.2 Å². The Morgan fingerprint density at radius 3 is 1.56 bits per heavy atom. The third kappa shape index (κ3) is 16.7. The standard InChI is InChI=1S/C17H25N5O9S2.C12H15N5O9S2.C2HF3O2/c1-16(2,3)30-10(23)7-29-21-11(9-8-32-15(18-6)19-9)13(24)20-12-14(25)22(17(12,4)5)31-33(26,27)28;1-12(2)8(10(21)17(12)26-28(22,23)24)15-9(20)7(16-25-3-6(18)19)5-4-27-11(13)14-5;3-2(4,5)1(6)7/h8,12H,7H2,1-6H3,(H,18,19)(H,20,24)(H,26,27,28);4,8H,3H2,1-2H3,(H2,13,14)(H,15,20)(H,18,19)(H,22,23,24);(H,6,7)/b21-11-;16-7-;/t12-;8-;/m11./s1/i4D3,5D3;1D3,2D3;. The average molecular weight is 1070 g/mol. The summed E-state index contributed by atoms with van der Waals surface area (Å²) in [6.07, 6.45) is -5.08. The highest BCUT2D eigenvalue weighted by atomic mass is 32.3. The molecule has 9 N–H and O–H groups in total. The topological polar surface area (TPSA) is 434 Å². The van der Waals surface area contributed by atoms with Gasteiger partial charge in [0.2, 0.25) is 13.2 Å². The van der Waals surface area contributed by atoms with Gasteiger partial charge in [-0.1, -0.05) is 10.3 Å². The minimum atomic E-state index is -5.57. The zero-order valence-electron chi connectivity index (χ0n) is 46.1. The number of nitrogens with two attached hydrogens (primary N) is 1. The number of halogens is 3. The fourth-order valence-corrected chi connectivity index (χ4v) is 6.09. The molecule has 0 radical (unpaired) electrons. The molecule has 0 spiro atoms. The predicted molar refractivity (Wildman–Crippen MR) is 221 cm³/mol. The number of anilines is 2. The predicted octanol–water partition coefficient (Wildman–Crippen LogP) is -0.909. The van der Waals surface area contributed by atoms with Crippen LogP contribution in [0.4, 0.5) is 23.4 Å². The number of nitrogens with one attached hydrogen (secondary N) is 3. The summed E-state index contributed by atoms with van der Waals surface area (Å²) in [5.41, 5.74) is -4.34. The third-order valence-corrected chi connectivity index (χ3v) is 8.97. The van der Waals surface area contributed by atoms with E-state index < -0.39 is 159 Å². The van der Waals surface area contributed by atoms with Crippen LogP contribution in [0.3, 0.4) is 0 Å². The van der Waals surface area contributed by atoms with Crippen LogP contribution >= 0.6 is 22.7 Å². The second-order valence-electron chi connectivity index (χ2n) is 13.2. The summed E-state index contributed by atoms with van der Waals surface area (Å²) in [4.78, 5) is 99.8. The van der Waals surface area contributed by atoms with E-state index in [1.54, 1.807) is 26.1 Å². The first kappa shape index (κ1) is 40.7. The highest BCUT2D eigenvalue weighted by Gasteiger charge is 2.59. The molecule has 0 aliphatic carbocycles. The molecule has 2 aromatic rings. The van der Waals surface area contributed by atoms with Crippen molar-refractivity contribution in [2.24, 2.45) is 10.3 Å². The van der Waals surface area contributed by atoms with Crippen molar-refractivity contribution in [1.82, 2.24) is 30.7 Å². The number of ether oxygens (including phenoxy) is 1. The summed E-state index contributed by atoms with van der Waals surface area (Å²) in [6, 6.07) is -4.88. The molecule has 2 saturated heterocycles. The van der Waals surface area contributed by atoms with E-state index in [2.05, 4.69) is 39.0 Å². The molecule has 2 aromatic heterocycles. The van der Waals surface area contributed by atoms with Gasteiger partial charge in [0, 0.05) is 34.3 Å². The molecular weight excluding hydrogens is 1020 g/mol. The molecule has 0 saturated carbocycles. The lowest BCUT2D eigenvalue weighted by atomic mass is 9.84. The van der Waals surface area contributed by atoms with E-state index in [-0.39, 0.29) is 21.7 Å². The number of hydroxylamine groups is 4. The number of nitrogens with zero attached hydrogens (tertiary/aromatic N) is 6. The molecule has 0 unspecified atom stereocenters. The minimum absolute atomic E-state index is 0.0829. The summed E-state index contributed by atoms with van der Waals surface area (Å²) >= 11 is 1.81. The van der Waals surface area contributed by atoms with Gasteiger partial charge in [-0.15, -0.1) is 31.2 Å². The van der Waals surface area contributed by atoms with E-state index in [0.29, 0.717) is 0 Å². The van der Waals surface area contributed by atoms with Crippen LogP contribution in [-0.2, 0) is 77.3 Å². The number of oxime groups is 2. The number of amides is 4. The van der Waals surface area contributed by atoms with Gasteiger partial charge < -0.3 is 46.3 Å². The van der Waals surface area contributed by atoms with Crippen LogP contribution in [0.15, 0.2) is 21.1 Å². The van der Waals surface area contributed by atoms with E-state index in [9.17, 15) is 58.8 Å². The maximum absolute atomic E-state index is 13.2. The summed E-state index contributed by atoms with van der Waals surface area (Å²) in [5, 5.41) is 30.5. The largest absolute Gasteiger partial charge is 0.490 e. The number of aliphatic carboxylic acids is 2. The van der Waals surface area contributed by atoms with E-state index in [1.165, 1.54) is 12.4 Å². The number of alkyl halides is 3. The summed E-state index contributed by atoms with van der Waals surface area (Å²) in [7, 11) is -9.62. The van der Waals surface area contributed by atoms with Crippen molar-refractivity contribution in [1.29, 1.82) is 0 Å². The number of esters is 1. The normalized spacial score (nSPS) is 21.3. The van der Waals surface area contributed by atoms with Gasteiger partial charge in [-0.3, -0.25) is 28.3 Å². The second-order valence-corrected chi connectivity index (χ2v) is 16.9. The number of thiazole rings is 2. The van der Waals surface area contributed by atoms with E-state index in [0.717, 1.165) is 28.1 Å². The van der Waals surface area contributed by atoms with Crippen LogP contribution in [0, 0.1) is 0 Å². The number of carboxylic acids is 2. The third-order valence-electron chi connectivity index (χ3n) is 6.76. The number of rotatable bonds is 17. The minimum Gasteiger partial charge on any atom is -0.479 e. The fraction of sp³-hybridized carbons (Fsp3) is 0.516. The molecule has 30 nitrogen and oxygen atoms in total. The molecule has 4 heterocycles. The van der Waals surface area contributed by atoms with Crippen LogP contribution in [0.1, 0.15) is 76.0 Å². The molecule has 0 aromatic carbocycles. The Morgan fingerprint density at radius 1 is 0.824 bits per heavy atom. The molecule has 4 amide bonds. The smallest absolute Gasteiger partial charge is 0.479 e. The quantitative estimate of drug-likeness (QED) is 0.0312. The number of aromatic nitrogens is 2. The van der Waals surface area contributed by atoms with Crippen molar-refractivity contribution in [3.63, 3.8) is 0 Å². The Bertz CT molecular complexity index is 2960. The molecule has 380 valence electrons. The molecule has 2 fully saturated rings. The first-order valence-electron chi connectivity index (χ1n) is 22.9. The monoisotopic (exact) mass is 1070 g/mol. The Balaban J connectivity index is 0.000000491. The maximum atomic E-state index is 13.2. The highest BCUT2D eigenvalue weighted by Crippen LogP contribution is 2.34. The highest BCUT2D eigenvalue weighted by molar-refractivity contribution is 7.81. The number of nitrogen functional groups attached to an aromatic ring is 1. The SMILES string of the molecule is O=C(O)C(F)(F)F.[2H]C([2H])([2H])C1(C([2H])([2H])[2H])[C@H](NC(=O)/C(=N\OCC(=O)O)c2csc(N)n2)C(=O)N1OS(=O)(=O)O.[2H]C([2H])([2H])C1(C([2H])([2H])[2H])[C@H](NC(=O)/C(=N\OCC(=O)OC(C)(C)C)c2csc(NC)n2)C(=O)N1OS(=O)(=O)O. The van der Waals surface area contributed by atoms with Gasteiger partial charge in [0.1, 0.15) is 29.1 Å². The first-order chi connectivity index (χ1) is 35.8. The number of hydrogen-bond acceptors (Lipinski definition) is 24. The average Bonchev–Trinajstić information content (AvgIpc) is 3.91. The summed E-state index contributed by atoms with van der Waals surface area (Å²) in [5.74, 6) is -11.2. The van der Waals surface area contributed by atoms with Crippen molar-refractivity contribution in [2.75, 3.05) is 31.3 Å². The van der Waals surface area contributed by atoms with Crippen molar-refractivity contribution in [3.8, 4) is 0 Å². The van der Waals surface area contributed by atoms with Gasteiger partial charge in [0.15, 0.2) is 21.7 Å². The van der Waals surface area contributed by atoms with E-state index in [4.69, 9.17) is 55.9 Å². The molecule has 2 aliphatic heterocycles. The second kappa shape index (κ2) is 22.2. The van der Waals surface area contributed by atoms with Crippen LogP contribution in [-0.4, -0.2) is 164 Å². The number of carbonyl (C=O) groups is 7. The van der Waals surface area contributed by atoms with Crippen LogP contribution < -0.4 is 21.7 Å². The van der Waals surface area contributed by atoms with Gasteiger partial charge >= 0.3 is 44.9 Å². The van der Waals surface area contributed by atoms with Crippen LogP contribution in [0.25, 0.3) is 0 Å². The number of carbonyl (C=O) groups excluding carboxylic acids is 5. The lowest BCUT2D eigenvalue weighted by molar-refractivity contribution is -0.218. The van der Waals surface area contributed by atoms with Crippen molar-refractivity contribution < 1.29 is 122 Å². The van der Waals surface area contributed by atoms with Gasteiger partial charge in [0.05, 0.1) is 11.1 Å². The molecule has 2 atom stereocenters. The molecule has 4 rings (SSSR count). The molecule has 2 aliphatic rings. The summed E-state index contributed by atoms with van der Waals surface area (Å²) in [6.45, 7) is -11.8. The van der Waals surface area contributed by atoms with Crippen LogP contribution in [0.2, 0.25) is 0 Å². The summed E-state index contributed by atoms with van der Waals surface area (Å²) < 4.78 is 200. The Morgan fingerprint density at radius 2 is 1.24 bits per heavy atom. The zero-order valence-corrected chi connectivity index (χ0v) is 37.3. The van der Waals surface area contributed by atoms with Crippen LogP contribution in [0.5, 0.6) is 0 Å². The lowest BCUT2D eigenvalue weighted by Crippen LogP contribution is -2.76. The van der Waals surface area contributed by atoms with E-state index >= 15 is 0 Å². The van der Waals surface area contributed by atoms with Gasteiger partial charge in [-0.2, -0.15) is 40.1 Å². The zero-order chi connectivity index (χ0) is 62.5. The van der Waals surface area contributed by atoms with Gasteiger partial charge in [0.25, 0.3) is 23.6 Å². The van der Waals surface area contributed by atoms with Crippen molar-refractivity contribution in [2.45, 2.75) is 83.1 Å². The molecular formula is C31H41F3N10O20S4. The molecule has 0 bridgehead atoms. The van der Waals surface area contributed by atoms with Crippen molar-refractivity contribution in [3.05, 3.63) is 22.1 Å². The first-order valence-corrected chi connectivity index (χ1v) is 21.4. The number of β-lactam (4-membered cyclic amide) rings is 2. The Kier molecular flexibility index (Phi) is 13.2. The molecule has 37 heteroatoms. The number of carboxylic acid groups (broad SMARTS) is 2. The Hall–Kier alpha value is -6.38. The Labute approximate surface area is 406 Å². The molecule has 68 heavy (non-hydrogen) atoms. The van der Waals surface area contributed by atoms with Crippen molar-refractivity contribution >= 4 is 107 Å².